The molecule has 94 valence electrons. The summed E-state index contributed by atoms with van der Waals surface area (Å²) < 4.78 is 0. The van der Waals surface area contributed by atoms with Crippen LogP contribution in [0.2, 0.25) is 0 Å². The molecule has 1 aliphatic carbocycles. The standard InChI is InChI=1S/C14H28N2/c1-11-4-3-5-13(8-11)10-16-7-6-14(15)9-12(16)2/h11-14H,3-10,15H2,1-2H3. The monoisotopic (exact) mass is 224 g/mol. The van der Waals surface area contributed by atoms with Gasteiger partial charge in [-0.2, -0.15) is 0 Å². The van der Waals surface area contributed by atoms with Crippen LogP contribution in [0.5, 0.6) is 0 Å². The van der Waals surface area contributed by atoms with Crippen LogP contribution in [0.4, 0.5) is 0 Å². The van der Waals surface area contributed by atoms with Crippen molar-refractivity contribution < 1.29 is 0 Å². The van der Waals surface area contributed by atoms with Crippen LogP contribution in [-0.4, -0.2) is 30.1 Å². The highest BCUT2D eigenvalue weighted by Gasteiger charge is 2.27. The lowest BCUT2D eigenvalue weighted by Crippen LogP contribution is -2.47. The Labute approximate surface area is 101 Å². The maximum atomic E-state index is 6.02. The summed E-state index contributed by atoms with van der Waals surface area (Å²) in [5.74, 6) is 1.92. The minimum atomic E-state index is 0.455. The first-order valence-corrected chi connectivity index (χ1v) is 7.14. The molecule has 1 aliphatic heterocycles. The van der Waals surface area contributed by atoms with Gasteiger partial charge in [-0.05, 0) is 51.0 Å². The SMILES string of the molecule is CC1CCCC(CN2CCC(N)CC2C)C1. The minimum absolute atomic E-state index is 0.455. The number of nitrogens with zero attached hydrogens (tertiary/aromatic N) is 1. The van der Waals surface area contributed by atoms with E-state index in [4.69, 9.17) is 5.73 Å². The van der Waals surface area contributed by atoms with Gasteiger partial charge in [0.15, 0.2) is 0 Å². The lowest BCUT2D eigenvalue weighted by molar-refractivity contribution is 0.106. The summed E-state index contributed by atoms with van der Waals surface area (Å²) >= 11 is 0. The Bertz CT molecular complexity index is 217. The Kier molecular flexibility index (Phi) is 4.26. The fraction of sp³-hybridized carbons (Fsp3) is 1.00. The van der Waals surface area contributed by atoms with E-state index >= 15 is 0 Å². The van der Waals surface area contributed by atoms with E-state index in [1.165, 1.54) is 51.6 Å². The Balaban J connectivity index is 1.80. The van der Waals surface area contributed by atoms with Crippen molar-refractivity contribution in [3.8, 4) is 0 Å². The molecule has 0 spiro atoms. The fourth-order valence-corrected chi connectivity index (χ4v) is 3.59. The van der Waals surface area contributed by atoms with Gasteiger partial charge in [-0.1, -0.05) is 19.8 Å². The number of nitrogens with two attached hydrogens (primary N) is 1. The van der Waals surface area contributed by atoms with E-state index < -0.39 is 0 Å². The van der Waals surface area contributed by atoms with Crippen molar-refractivity contribution in [3.05, 3.63) is 0 Å². The second-order valence-electron chi connectivity index (χ2n) is 6.27. The average Bonchev–Trinajstić information content (AvgIpc) is 2.22. The first kappa shape index (κ1) is 12.4. The predicted octanol–water partition coefficient (Wildman–Crippen LogP) is 2.62. The number of hydrogen-bond acceptors (Lipinski definition) is 2. The summed E-state index contributed by atoms with van der Waals surface area (Å²) in [5.41, 5.74) is 6.02. The van der Waals surface area contributed by atoms with Crippen molar-refractivity contribution in [2.45, 2.75) is 64.5 Å². The number of piperidine rings is 1. The van der Waals surface area contributed by atoms with E-state index in [2.05, 4.69) is 18.7 Å². The summed E-state index contributed by atoms with van der Waals surface area (Å²) in [6.45, 7) is 7.33. The highest BCUT2D eigenvalue weighted by molar-refractivity contribution is 4.83. The molecule has 4 atom stereocenters. The summed E-state index contributed by atoms with van der Waals surface area (Å²) in [6, 6.07) is 1.16. The molecule has 0 radical (unpaired) electrons. The molecule has 1 saturated heterocycles. The maximum Gasteiger partial charge on any atom is 0.00817 e. The van der Waals surface area contributed by atoms with Gasteiger partial charge >= 0.3 is 0 Å². The zero-order valence-corrected chi connectivity index (χ0v) is 11.0. The molecule has 2 aliphatic rings. The molecule has 0 aromatic rings. The quantitative estimate of drug-likeness (QED) is 0.781. The molecule has 1 saturated carbocycles. The third kappa shape index (κ3) is 3.21. The Morgan fingerprint density at radius 1 is 1.12 bits per heavy atom. The zero-order valence-electron chi connectivity index (χ0n) is 11.0. The Hall–Kier alpha value is -0.0800. The average molecular weight is 224 g/mol. The third-order valence-corrected chi connectivity index (χ3v) is 4.59. The topological polar surface area (TPSA) is 29.3 Å². The van der Waals surface area contributed by atoms with Gasteiger partial charge in [-0.25, -0.2) is 0 Å². The van der Waals surface area contributed by atoms with Crippen molar-refractivity contribution in [3.63, 3.8) is 0 Å². The summed E-state index contributed by atoms with van der Waals surface area (Å²) in [4.78, 5) is 2.69. The van der Waals surface area contributed by atoms with Crippen molar-refractivity contribution in [2.24, 2.45) is 17.6 Å². The van der Waals surface area contributed by atoms with E-state index in [0.717, 1.165) is 11.8 Å². The molecule has 2 heteroatoms. The molecular weight excluding hydrogens is 196 g/mol. The van der Waals surface area contributed by atoms with Crippen LogP contribution >= 0.6 is 0 Å². The van der Waals surface area contributed by atoms with Gasteiger partial charge in [-0.15, -0.1) is 0 Å². The van der Waals surface area contributed by atoms with E-state index in [0.29, 0.717) is 12.1 Å². The van der Waals surface area contributed by atoms with E-state index in [1.807, 2.05) is 0 Å². The molecule has 0 amide bonds. The minimum Gasteiger partial charge on any atom is -0.328 e. The summed E-state index contributed by atoms with van der Waals surface area (Å²) in [6.07, 6.45) is 8.22. The van der Waals surface area contributed by atoms with Gasteiger partial charge in [0, 0.05) is 18.6 Å². The van der Waals surface area contributed by atoms with Gasteiger partial charge < -0.3 is 10.6 Å². The summed E-state index contributed by atoms with van der Waals surface area (Å²) in [7, 11) is 0. The molecule has 0 bridgehead atoms. The zero-order chi connectivity index (χ0) is 11.5. The van der Waals surface area contributed by atoms with Crippen LogP contribution in [0.25, 0.3) is 0 Å². The number of likely N-dealkylation sites (tertiary alicyclic amines) is 1. The van der Waals surface area contributed by atoms with Crippen LogP contribution in [0.1, 0.15) is 52.4 Å². The molecule has 0 aromatic heterocycles. The van der Waals surface area contributed by atoms with Crippen molar-refractivity contribution in [1.82, 2.24) is 4.90 Å². The van der Waals surface area contributed by atoms with Crippen LogP contribution in [-0.2, 0) is 0 Å². The molecule has 2 fully saturated rings. The van der Waals surface area contributed by atoms with Gasteiger partial charge in [-0.3, -0.25) is 0 Å². The normalized spacial score (nSPS) is 42.2. The smallest absolute Gasteiger partial charge is 0.00817 e. The molecule has 2 nitrogen and oxygen atoms in total. The third-order valence-electron chi connectivity index (χ3n) is 4.59. The fourth-order valence-electron chi connectivity index (χ4n) is 3.59. The van der Waals surface area contributed by atoms with E-state index in [-0.39, 0.29) is 0 Å². The second kappa shape index (κ2) is 5.50. The van der Waals surface area contributed by atoms with Gasteiger partial charge in [0.25, 0.3) is 0 Å². The highest BCUT2D eigenvalue weighted by atomic mass is 15.2. The van der Waals surface area contributed by atoms with E-state index in [1.54, 1.807) is 0 Å². The number of rotatable bonds is 2. The highest BCUT2D eigenvalue weighted by Crippen LogP contribution is 2.30. The Morgan fingerprint density at radius 3 is 2.62 bits per heavy atom. The molecule has 4 unspecified atom stereocenters. The van der Waals surface area contributed by atoms with Gasteiger partial charge in [0.1, 0.15) is 0 Å². The first-order valence-electron chi connectivity index (χ1n) is 7.14. The van der Waals surface area contributed by atoms with Crippen LogP contribution in [0, 0.1) is 11.8 Å². The lowest BCUT2D eigenvalue weighted by atomic mass is 9.81. The maximum absolute atomic E-state index is 6.02. The van der Waals surface area contributed by atoms with E-state index in [9.17, 15) is 0 Å². The van der Waals surface area contributed by atoms with Crippen molar-refractivity contribution >= 4 is 0 Å². The van der Waals surface area contributed by atoms with Gasteiger partial charge in [0.2, 0.25) is 0 Å². The van der Waals surface area contributed by atoms with Crippen LogP contribution in [0.15, 0.2) is 0 Å². The molecular formula is C14H28N2. The van der Waals surface area contributed by atoms with Gasteiger partial charge in [0.05, 0.1) is 0 Å². The first-order chi connectivity index (χ1) is 7.65. The molecule has 16 heavy (non-hydrogen) atoms. The second-order valence-corrected chi connectivity index (χ2v) is 6.27. The molecule has 2 rings (SSSR count). The van der Waals surface area contributed by atoms with Crippen molar-refractivity contribution in [1.29, 1.82) is 0 Å². The largest absolute Gasteiger partial charge is 0.328 e. The Morgan fingerprint density at radius 2 is 1.94 bits per heavy atom. The number of hydrogen-bond donors (Lipinski definition) is 1. The molecule has 2 N–H and O–H groups in total. The molecule has 0 aromatic carbocycles. The molecule has 1 heterocycles. The predicted molar refractivity (Wildman–Crippen MR) is 69.4 cm³/mol. The summed E-state index contributed by atoms with van der Waals surface area (Å²) in [5, 5.41) is 0. The van der Waals surface area contributed by atoms with Crippen LogP contribution in [0.3, 0.4) is 0 Å². The van der Waals surface area contributed by atoms with Crippen LogP contribution < -0.4 is 5.73 Å². The van der Waals surface area contributed by atoms with Crippen molar-refractivity contribution in [2.75, 3.05) is 13.1 Å². The lowest BCUT2D eigenvalue weighted by Gasteiger charge is -2.40.